The van der Waals surface area contributed by atoms with Crippen molar-refractivity contribution in [1.82, 2.24) is 0 Å². The van der Waals surface area contributed by atoms with Gasteiger partial charge in [-0.25, -0.2) is 4.39 Å². The first kappa shape index (κ1) is 13.8. The van der Waals surface area contributed by atoms with Crippen LogP contribution in [0.4, 0.5) is 10.1 Å². The number of hydrogen-bond acceptors (Lipinski definition) is 3. The van der Waals surface area contributed by atoms with Gasteiger partial charge in [-0.15, -0.1) is 0 Å². The summed E-state index contributed by atoms with van der Waals surface area (Å²) in [7, 11) is 0. The SMILES string of the molecule is CCC1CCCC(Oc2cc(F)ccc2[N+](=O)[O-])C1. The monoisotopic (exact) mass is 267 g/mol. The van der Waals surface area contributed by atoms with Crippen molar-refractivity contribution in [2.75, 3.05) is 0 Å². The molecule has 2 unspecified atom stereocenters. The third-order valence-corrected chi connectivity index (χ3v) is 3.72. The second-order valence-electron chi connectivity index (χ2n) is 5.05. The minimum Gasteiger partial charge on any atom is -0.483 e. The number of benzene rings is 1. The topological polar surface area (TPSA) is 52.4 Å². The first-order valence-electron chi connectivity index (χ1n) is 6.70. The molecule has 0 radical (unpaired) electrons. The summed E-state index contributed by atoms with van der Waals surface area (Å²) in [5.74, 6) is 0.140. The molecule has 0 N–H and O–H groups in total. The van der Waals surface area contributed by atoms with E-state index < -0.39 is 10.7 Å². The summed E-state index contributed by atoms with van der Waals surface area (Å²) in [4.78, 5) is 10.4. The second-order valence-corrected chi connectivity index (χ2v) is 5.05. The number of nitrogens with zero attached hydrogens (tertiary/aromatic N) is 1. The van der Waals surface area contributed by atoms with Gasteiger partial charge in [-0.05, 0) is 31.2 Å². The molecule has 104 valence electrons. The maximum atomic E-state index is 13.2. The van der Waals surface area contributed by atoms with Gasteiger partial charge in [0.15, 0.2) is 5.75 Å². The van der Waals surface area contributed by atoms with Gasteiger partial charge in [-0.3, -0.25) is 10.1 Å². The molecule has 0 amide bonds. The molecular formula is C14H18FNO3. The zero-order valence-corrected chi connectivity index (χ0v) is 11.0. The fraction of sp³-hybridized carbons (Fsp3) is 0.571. The Morgan fingerprint density at radius 1 is 1.47 bits per heavy atom. The van der Waals surface area contributed by atoms with Crippen molar-refractivity contribution < 1.29 is 14.1 Å². The lowest BCUT2D eigenvalue weighted by atomic mass is 9.85. The number of rotatable bonds is 4. The number of hydrogen-bond donors (Lipinski definition) is 0. The Balaban J connectivity index is 2.13. The van der Waals surface area contributed by atoms with Crippen molar-refractivity contribution in [2.45, 2.75) is 45.1 Å². The van der Waals surface area contributed by atoms with E-state index in [4.69, 9.17) is 4.74 Å². The van der Waals surface area contributed by atoms with Crippen LogP contribution in [0.15, 0.2) is 18.2 Å². The average molecular weight is 267 g/mol. The van der Waals surface area contributed by atoms with Crippen LogP contribution in [0.1, 0.15) is 39.0 Å². The summed E-state index contributed by atoms with van der Waals surface area (Å²) in [6.07, 6.45) is 5.06. The minimum atomic E-state index is -0.533. The smallest absolute Gasteiger partial charge is 0.311 e. The highest BCUT2D eigenvalue weighted by atomic mass is 19.1. The first-order chi connectivity index (χ1) is 9.10. The van der Waals surface area contributed by atoms with Crippen molar-refractivity contribution in [1.29, 1.82) is 0 Å². The minimum absolute atomic E-state index is 0.0424. The van der Waals surface area contributed by atoms with E-state index in [1.165, 1.54) is 6.42 Å². The molecule has 1 saturated carbocycles. The lowest BCUT2D eigenvalue weighted by molar-refractivity contribution is -0.386. The lowest BCUT2D eigenvalue weighted by Gasteiger charge is -2.28. The molecule has 1 aliphatic carbocycles. The Morgan fingerprint density at radius 2 is 2.26 bits per heavy atom. The van der Waals surface area contributed by atoms with Crippen LogP contribution in [-0.2, 0) is 0 Å². The molecule has 4 nitrogen and oxygen atoms in total. The third kappa shape index (κ3) is 3.43. The van der Waals surface area contributed by atoms with Crippen molar-refractivity contribution in [3.05, 3.63) is 34.1 Å². The van der Waals surface area contributed by atoms with E-state index in [2.05, 4.69) is 6.92 Å². The van der Waals surface area contributed by atoms with Crippen LogP contribution in [0.3, 0.4) is 0 Å². The zero-order valence-electron chi connectivity index (χ0n) is 11.0. The molecular weight excluding hydrogens is 249 g/mol. The third-order valence-electron chi connectivity index (χ3n) is 3.72. The predicted octanol–water partition coefficient (Wildman–Crippen LogP) is 4.08. The molecule has 0 aromatic heterocycles. The van der Waals surface area contributed by atoms with Gasteiger partial charge < -0.3 is 4.74 Å². The van der Waals surface area contributed by atoms with E-state index in [1.807, 2.05) is 0 Å². The van der Waals surface area contributed by atoms with E-state index >= 15 is 0 Å². The highest BCUT2D eigenvalue weighted by Gasteiger charge is 2.25. The number of nitro groups is 1. The normalized spacial score (nSPS) is 23.1. The van der Waals surface area contributed by atoms with Crippen LogP contribution in [0.25, 0.3) is 0 Å². The largest absolute Gasteiger partial charge is 0.483 e. The fourth-order valence-corrected chi connectivity index (χ4v) is 2.63. The number of halogens is 1. The van der Waals surface area contributed by atoms with Crippen molar-refractivity contribution in [3.8, 4) is 5.75 Å². The van der Waals surface area contributed by atoms with Gasteiger partial charge >= 0.3 is 5.69 Å². The molecule has 2 atom stereocenters. The highest BCUT2D eigenvalue weighted by Crippen LogP contribution is 2.33. The summed E-state index contributed by atoms with van der Waals surface area (Å²) in [6.45, 7) is 2.14. The molecule has 5 heteroatoms. The average Bonchev–Trinajstić information content (AvgIpc) is 2.38. The molecule has 0 heterocycles. The number of nitro benzene ring substituents is 1. The fourth-order valence-electron chi connectivity index (χ4n) is 2.63. The standard InChI is InChI=1S/C14H18FNO3/c1-2-10-4-3-5-12(8-10)19-14-9-11(15)6-7-13(14)16(17)18/h6-7,9-10,12H,2-5,8H2,1H3. The summed E-state index contributed by atoms with van der Waals surface area (Å²) in [6, 6.07) is 3.35. The van der Waals surface area contributed by atoms with Crippen LogP contribution in [-0.4, -0.2) is 11.0 Å². The predicted molar refractivity (Wildman–Crippen MR) is 69.7 cm³/mol. The summed E-state index contributed by atoms with van der Waals surface area (Å²) in [5.41, 5.74) is -0.167. The maximum Gasteiger partial charge on any atom is 0.311 e. The van der Waals surface area contributed by atoms with Crippen LogP contribution in [0.5, 0.6) is 5.75 Å². The van der Waals surface area contributed by atoms with Gasteiger partial charge in [0, 0.05) is 12.1 Å². The summed E-state index contributed by atoms with van der Waals surface area (Å²) >= 11 is 0. The van der Waals surface area contributed by atoms with Crippen molar-refractivity contribution in [2.24, 2.45) is 5.92 Å². The van der Waals surface area contributed by atoms with E-state index in [-0.39, 0.29) is 17.5 Å². The Hall–Kier alpha value is -1.65. The van der Waals surface area contributed by atoms with Crippen LogP contribution < -0.4 is 4.74 Å². The van der Waals surface area contributed by atoms with E-state index in [0.717, 1.165) is 43.9 Å². The summed E-state index contributed by atoms with van der Waals surface area (Å²) < 4.78 is 18.9. The summed E-state index contributed by atoms with van der Waals surface area (Å²) in [5, 5.41) is 10.9. The number of ether oxygens (including phenoxy) is 1. The van der Waals surface area contributed by atoms with Crippen molar-refractivity contribution >= 4 is 5.69 Å². The first-order valence-corrected chi connectivity index (χ1v) is 6.70. The molecule has 1 aromatic rings. The van der Waals surface area contributed by atoms with Crippen molar-refractivity contribution in [3.63, 3.8) is 0 Å². The molecule has 1 aliphatic rings. The van der Waals surface area contributed by atoms with Gasteiger partial charge in [0.05, 0.1) is 11.0 Å². The Labute approximate surface area is 111 Å². The van der Waals surface area contributed by atoms with Gasteiger partial charge in [-0.2, -0.15) is 0 Å². The second kappa shape index (κ2) is 5.99. The zero-order chi connectivity index (χ0) is 13.8. The van der Waals surface area contributed by atoms with Gasteiger partial charge in [0.1, 0.15) is 5.82 Å². The van der Waals surface area contributed by atoms with Crippen LogP contribution in [0.2, 0.25) is 0 Å². The van der Waals surface area contributed by atoms with E-state index in [9.17, 15) is 14.5 Å². The van der Waals surface area contributed by atoms with E-state index in [1.54, 1.807) is 0 Å². The molecule has 0 spiro atoms. The maximum absolute atomic E-state index is 13.2. The molecule has 1 aromatic carbocycles. The molecule has 0 aliphatic heterocycles. The quantitative estimate of drug-likeness (QED) is 0.610. The van der Waals surface area contributed by atoms with Gasteiger partial charge in [0.25, 0.3) is 0 Å². The molecule has 19 heavy (non-hydrogen) atoms. The molecule has 2 rings (SSSR count). The lowest BCUT2D eigenvalue weighted by Crippen LogP contribution is -2.25. The van der Waals surface area contributed by atoms with Crippen LogP contribution >= 0.6 is 0 Å². The molecule has 1 fully saturated rings. The Bertz CT molecular complexity index is 464. The van der Waals surface area contributed by atoms with Crippen LogP contribution in [0, 0.1) is 21.8 Å². The highest BCUT2D eigenvalue weighted by molar-refractivity contribution is 5.46. The van der Waals surface area contributed by atoms with E-state index in [0.29, 0.717) is 5.92 Å². The van der Waals surface area contributed by atoms with Gasteiger partial charge in [-0.1, -0.05) is 19.8 Å². The Morgan fingerprint density at radius 3 is 2.95 bits per heavy atom. The molecule has 0 bridgehead atoms. The van der Waals surface area contributed by atoms with Gasteiger partial charge in [0.2, 0.25) is 0 Å². The Kier molecular flexibility index (Phi) is 4.35. The molecule has 0 saturated heterocycles.